The van der Waals surface area contributed by atoms with Gasteiger partial charge in [0, 0.05) is 13.5 Å². The Bertz CT molecular complexity index is 345. The van der Waals surface area contributed by atoms with E-state index in [0.717, 1.165) is 18.4 Å². The normalized spacial score (nSPS) is 13.8. The van der Waals surface area contributed by atoms with Gasteiger partial charge in [-0.05, 0) is 18.9 Å². The molecule has 1 aromatic rings. The highest BCUT2D eigenvalue weighted by Crippen LogP contribution is 2.23. The third-order valence-electron chi connectivity index (χ3n) is 2.43. The van der Waals surface area contributed by atoms with E-state index in [1.807, 2.05) is 37.3 Å². The van der Waals surface area contributed by atoms with Crippen LogP contribution in [0.15, 0.2) is 30.3 Å². The number of rotatable bonds is 3. The lowest BCUT2D eigenvalue weighted by atomic mass is 9.96. The summed E-state index contributed by atoms with van der Waals surface area (Å²) >= 11 is 0. The number of hydrogen-bond donors (Lipinski definition) is 0. The van der Waals surface area contributed by atoms with E-state index >= 15 is 0 Å². The third-order valence-corrected chi connectivity index (χ3v) is 2.43. The molecule has 1 nitrogen and oxygen atoms in total. The van der Waals surface area contributed by atoms with Gasteiger partial charge >= 0.3 is 0 Å². The topological polar surface area (TPSA) is 9.23 Å². The molecular weight excluding hydrogens is 184 g/mol. The van der Waals surface area contributed by atoms with Crippen LogP contribution < -0.4 is 0 Å². The molecule has 0 heterocycles. The van der Waals surface area contributed by atoms with E-state index in [1.54, 1.807) is 7.11 Å². The van der Waals surface area contributed by atoms with Crippen LogP contribution >= 0.6 is 0 Å². The molecule has 15 heavy (non-hydrogen) atoms. The standard InChI is InChI=1S/C14H18O/c1-4-5-9-12-14(2,15-3)13-10-7-6-8-11-13/h6-8,10-11H,4-5H2,1-3H3. The summed E-state index contributed by atoms with van der Waals surface area (Å²) in [6.07, 6.45) is 2.01. The van der Waals surface area contributed by atoms with Gasteiger partial charge in [-0.25, -0.2) is 0 Å². The second kappa shape index (κ2) is 5.58. The lowest BCUT2D eigenvalue weighted by Gasteiger charge is -2.22. The predicted octanol–water partition coefficient (Wildman–Crippen LogP) is 3.35. The summed E-state index contributed by atoms with van der Waals surface area (Å²) in [7, 11) is 1.70. The van der Waals surface area contributed by atoms with Gasteiger partial charge in [0.15, 0.2) is 5.60 Å². The SMILES string of the molecule is CCCC#CC(C)(OC)c1ccccc1. The fourth-order valence-electron chi connectivity index (χ4n) is 1.35. The second-order valence-corrected chi connectivity index (χ2v) is 3.66. The molecule has 1 atom stereocenters. The summed E-state index contributed by atoms with van der Waals surface area (Å²) < 4.78 is 5.50. The van der Waals surface area contributed by atoms with Crippen LogP contribution in [0.1, 0.15) is 32.3 Å². The first-order valence-corrected chi connectivity index (χ1v) is 5.33. The zero-order valence-electron chi connectivity index (χ0n) is 9.71. The van der Waals surface area contributed by atoms with Crippen molar-refractivity contribution in [1.29, 1.82) is 0 Å². The van der Waals surface area contributed by atoms with Gasteiger partial charge in [-0.1, -0.05) is 49.1 Å². The first-order chi connectivity index (χ1) is 7.23. The van der Waals surface area contributed by atoms with Crippen molar-refractivity contribution in [3.8, 4) is 11.8 Å². The number of methoxy groups -OCH3 is 1. The van der Waals surface area contributed by atoms with E-state index in [1.165, 1.54) is 0 Å². The molecule has 1 heteroatoms. The zero-order valence-corrected chi connectivity index (χ0v) is 9.71. The van der Waals surface area contributed by atoms with Crippen LogP contribution in [0.2, 0.25) is 0 Å². The van der Waals surface area contributed by atoms with Gasteiger partial charge in [0.25, 0.3) is 0 Å². The first-order valence-electron chi connectivity index (χ1n) is 5.33. The molecule has 0 N–H and O–H groups in total. The van der Waals surface area contributed by atoms with Crippen molar-refractivity contribution in [2.45, 2.75) is 32.3 Å². The minimum absolute atomic E-state index is 0.476. The van der Waals surface area contributed by atoms with E-state index < -0.39 is 5.60 Å². The lowest BCUT2D eigenvalue weighted by molar-refractivity contribution is 0.0551. The predicted molar refractivity (Wildman–Crippen MR) is 63.5 cm³/mol. The van der Waals surface area contributed by atoms with E-state index in [2.05, 4.69) is 18.8 Å². The highest BCUT2D eigenvalue weighted by molar-refractivity contribution is 5.31. The summed E-state index contributed by atoms with van der Waals surface area (Å²) in [4.78, 5) is 0. The Morgan fingerprint density at radius 1 is 1.27 bits per heavy atom. The van der Waals surface area contributed by atoms with Gasteiger partial charge in [-0.3, -0.25) is 0 Å². The molecule has 0 fully saturated rings. The highest BCUT2D eigenvalue weighted by atomic mass is 16.5. The van der Waals surface area contributed by atoms with Crippen molar-refractivity contribution in [3.63, 3.8) is 0 Å². The molecule has 80 valence electrons. The Morgan fingerprint density at radius 3 is 2.47 bits per heavy atom. The number of ether oxygens (including phenoxy) is 1. The number of unbranched alkanes of at least 4 members (excludes halogenated alkanes) is 1. The maximum absolute atomic E-state index is 5.50. The largest absolute Gasteiger partial charge is 0.362 e. The second-order valence-electron chi connectivity index (χ2n) is 3.66. The highest BCUT2D eigenvalue weighted by Gasteiger charge is 2.22. The van der Waals surface area contributed by atoms with E-state index in [0.29, 0.717) is 0 Å². The molecule has 0 saturated heterocycles. The Labute approximate surface area is 92.5 Å². The van der Waals surface area contributed by atoms with Gasteiger partial charge in [-0.15, -0.1) is 0 Å². The Morgan fingerprint density at radius 2 is 1.93 bits per heavy atom. The smallest absolute Gasteiger partial charge is 0.150 e. The summed E-state index contributed by atoms with van der Waals surface area (Å²) in [5, 5.41) is 0. The molecule has 0 saturated carbocycles. The number of hydrogen-bond acceptors (Lipinski definition) is 1. The minimum Gasteiger partial charge on any atom is -0.362 e. The molecule has 1 aromatic carbocycles. The van der Waals surface area contributed by atoms with Crippen LogP contribution in [0.4, 0.5) is 0 Å². The molecular formula is C14H18O. The maximum Gasteiger partial charge on any atom is 0.150 e. The van der Waals surface area contributed by atoms with Crippen LogP contribution in [0.5, 0.6) is 0 Å². The van der Waals surface area contributed by atoms with Gasteiger partial charge in [0.2, 0.25) is 0 Å². The molecule has 0 aromatic heterocycles. The fourth-order valence-corrected chi connectivity index (χ4v) is 1.35. The van der Waals surface area contributed by atoms with Gasteiger partial charge in [-0.2, -0.15) is 0 Å². The minimum atomic E-state index is -0.476. The van der Waals surface area contributed by atoms with Gasteiger partial charge < -0.3 is 4.74 Å². The van der Waals surface area contributed by atoms with Crippen LogP contribution in [0.25, 0.3) is 0 Å². The molecule has 0 aliphatic heterocycles. The first kappa shape index (κ1) is 11.8. The van der Waals surface area contributed by atoms with Crippen LogP contribution in [0, 0.1) is 11.8 Å². The lowest BCUT2D eigenvalue weighted by Crippen LogP contribution is -2.21. The summed E-state index contributed by atoms with van der Waals surface area (Å²) in [5.74, 6) is 6.34. The molecule has 0 aliphatic rings. The van der Waals surface area contributed by atoms with Crippen LogP contribution in [-0.2, 0) is 10.3 Å². The third kappa shape index (κ3) is 3.11. The Hall–Kier alpha value is -1.26. The van der Waals surface area contributed by atoms with Crippen LogP contribution in [0.3, 0.4) is 0 Å². The molecule has 0 radical (unpaired) electrons. The zero-order chi connectivity index (χ0) is 11.1. The van der Waals surface area contributed by atoms with Crippen molar-refractivity contribution in [2.24, 2.45) is 0 Å². The summed E-state index contributed by atoms with van der Waals surface area (Å²) in [6.45, 7) is 4.13. The Balaban J connectivity index is 2.92. The molecule has 0 spiro atoms. The van der Waals surface area contributed by atoms with E-state index in [-0.39, 0.29) is 0 Å². The molecule has 0 aliphatic carbocycles. The van der Waals surface area contributed by atoms with Crippen molar-refractivity contribution in [3.05, 3.63) is 35.9 Å². The average Bonchev–Trinajstić information content (AvgIpc) is 2.30. The Kier molecular flexibility index (Phi) is 4.39. The van der Waals surface area contributed by atoms with Crippen molar-refractivity contribution in [1.82, 2.24) is 0 Å². The monoisotopic (exact) mass is 202 g/mol. The average molecular weight is 202 g/mol. The van der Waals surface area contributed by atoms with Crippen molar-refractivity contribution < 1.29 is 4.74 Å². The summed E-state index contributed by atoms with van der Waals surface area (Å²) in [5.41, 5.74) is 0.632. The van der Waals surface area contributed by atoms with Crippen LogP contribution in [-0.4, -0.2) is 7.11 Å². The molecule has 1 rings (SSSR count). The van der Waals surface area contributed by atoms with Gasteiger partial charge in [0.05, 0.1) is 0 Å². The molecule has 0 bridgehead atoms. The van der Waals surface area contributed by atoms with Crippen molar-refractivity contribution in [2.75, 3.05) is 7.11 Å². The quantitative estimate of drug-likeness (QED) is 0.683. The van der Waals surface area contributed by atoms with E-state index in [4.69, 9.17) is 4.74 Å². The summed E-state index contributed by atoms with van der Waals surface area (Å²) in [6, 6.07) is 10.1. The fraction of sp³-hybridized carbons (Fsp3) is 0.429. The maximum atomic E-state index is 5.50. The van der Waals surface area contributed by atoms with Crippen molar-refractivity contribution >= 4 is 0 Å². The molecule has 1 unspecified atom stereocenters. The number of benzene rings is 1. The van der Waals surface area contributed by atoms with Gasteiger partial charge in [0.1, 0.15) is 0 Å². The van der Waals surface area contributed by atoms with E-state index in [9.17, 15) is 0 Å². The molecule has 0 amide bonds.